The van der Waals surface area contributed by atoms with E-state index < -0.39 is 10.0 Å². The molecule has 0 atom stereocenters. The lowest BCUT2D eigenvalue weighted by atomic mass is 10.0. The van der Waals surface area contributed by atoms with E-state index in [1.54, 1.807) is 25.1 Å². The van der Waals surface area contributed by atoms with Crippen LogP contribution in [0.3, 0.4) is 0 Å². The molecule has 0 spiro atoms. The Bertz CT molecular complexity index is 779. The second-order valence-corrected chi connectivity index (χ2v) is 10.5. The molecule has 1 aliphatic heterocycles. The Kier molecular flexibility index (Phi) is 7.34. The average Bonchev–Trinajstić information content (AvgIpc) is 3.18. The number of rotatable bonds is 9. The Labute approximate surface area is 171 Å². The van der Waals surface area contributed by atoms with Gasteiger partial charge in [0.05, 0.1) is 11.4 Å². The fourth-order valence-corrected chi connectivity index (χ4v) is 5.66. The minimum absolute atomic E-state index is 0.0910. The van der Waals surface area contributed by atoms with E-state index in [-0.39, 0.29) is 25.0 Å². The number of fused-ring (bicyclic) bond motifs is 1. The standard InChI is InChI=1S/C19H28N2O5S2/c1-2-28(23,24)21(15-8-9-17-18(12-15)26-14-25-17)13-19(22)20-10-11-27-16-6-4-3-5-7-16/h8-9,12,16H,2-7,10-11,13-14H2,1H3,(H,20,22). The van der Waals surface area contributed by atoms with Crippen molar-refractivity contribution < 1.29 is 22.7 Å². The van der Waals surface area contributed by atoms with Gasteiger partial charge in [-0.2, -0.15) is 11.8 Å². The van der Waals surface area contributed by atoms with Crippen LogP contribution in [0.5, 0.6) is 11.5 Å². The number of ether oxygens (including phenoxy) is 2. The second-order valence-electron chi connectivity index (χ2n) is 6.93. The zero-order chi connectivity index (χ0) is 20.0. The van der Waals surface area contributed by atoms with Crippen LogP contribution in [0.1, 0.15) is 39.0 Å². The van der Waals surface area contributed by atoms with Crippen LogP contribution < -0.4 is 19.1 Å². The van der Waals surface area contributed by atoms with Crippen LogP contribution >= 0.6 is 11.8 Å². The normalized spacial score (nSPS) is 16.8. The predicted octanol–water partition coefficient (Wildman–Crippen LogP) is 2.75. The van der Waals surface area contributed by atoms with Crippen LogP contribution in [-0.2, 0) is 14.8 Å². The number of nitrogens with one attached hydrogen (secondary N) is 1. The Hall–Kier alpha value is -1.61. The molecule has 0 aromatic heterocycles. The Morgan fingerprint density at radius 1 is 1.21 bits per heavy atom. The molecule has 1 N–H and O–H groups in total. The van der Waals surface area contributed by atoms with Gasteiger partial charge < -0.3 is 14.8 Å². The van der Waals surface area contributed by atoms with E-state index in [1.807, 2.05) is 11.8 Å². The third kappa shape index (κ3) is 5.47. The Morgan fingerprint density at radius 3 is 2.71 bits per heavy atom. The third-order valence-corrected chi connectivity index (χ3v) is 8.09. The van der Waals surface area contributed by atoms with Crippen LogP contribution in [0.4, 0.5) is 5.69 Å². The Balaban J connectivity index is 1.56. The maximum atomic E-state index is 12.5. The van der Waals surface area contributed by atoms with E-state index >= 15 is 0 Å². The molecule has 28 heavy (non-hydrogen) atoms. The minimum Gasteiger partial charge on any atom is -0.454 e. The molecule has 1 heterocycles. The highest BCUT2D eigenvalue weighted by atomic mass is 32.2. The highest BCUT2D eigenvalue weighted by Crippen LogP contribution is 2.36. The van der Waals surface area contributed by atoms with Gasteiger partial charge in [0, 0.05) is 23.6 Å². The van der Waals surface area contributed by atoms with Crippen LogP contribution in [0.15, 0.2) is 18.2 Å². The molecular formula is C19H28N2O5S2. The summed E-state index contributed by atoms with van der Waals surface area (Å²) in [6.07, 6.45) is 6.43. The highest BCUT2D eigenvalue weighted by Gasteiger charge is 2.25. The van der Waals surface area contributed by atoms with Crippen LogP contribution in [0, 0.1) is 0 Å². The summed E-state index contributed by atoms with van der Waals surface area (Å²) in [5, 5.41) is 3.54. The van der Waals surface area contributed by atoms with E-state index in [9.17, 15) is 13.2 Å². The number of carbonyl (C=O) groups is 1. The van der Waals surface area contributed by atoms with E-state index in [0.717, 1.165) is 10.1 Å². The summed E-state index contributed by atoms with van der Waals surface area (Å²) >= 11 is 1.90. The average molecular weight is 429 g/mol. The molecule has 1 aromatic carbocycles. The summed E-state index contributed by atoms with van der Waals surface area (Å²) in [6, 6.07) is 4.89. The van der Waals surface area contributed by atoms with Crippen LogP contribution in [-0.4, -0.2) is 51.0 Å². The molecule has 7 nitrogen and oxygen atoms in total. The van der Waals surface area contributed by atoms with Gasteiger partial charge in [0.1, 0.15) is 6.54 Å². The zero-order valence-electron chi connectivity index (χ0n) is 16.2. The molecule has 0 radical (unpaired) electrons. The molecule has 3 rings (SSSR count). The quantitative estimate of drug-likeness (QED) is 0.609. The molecule has 1 saturated carbocycles. The van der Waals surface area contributed by atoms with Crippen LogP contribution in [0.25, 0.3) is 0 Å². The molecule has 9 heteroatoms. The van der Waals surface area contributed by atoms with Crippen molar-refractivity contribution in [2.24, 2.45) is 0 Å². The molecule has 1 aliphatic carbocycles. The van der Waals surface area contributed by atoms with Crippen molar-refractivity contribution in [1.82, 2.24) is 5.32 Å². The third-order valence-electron chi connectivity index (χ3n) is 4.96. The number of benzene rings is 1. The van der Waals surface area contributed by atoms with Gasteiger partial charge in [-0.05, 0) is 31.9 Å². The predicted molar refractivity (Wildman–Crippen MR) is 112 cm³/mol. The lowest BCUT2D eigenvalue weighted by molar-refractivity contribution is -0.119. The summed E-state index contributed by atoms with van der Waals surface area (Å²) in [6.45, 7) is 1.97. The minimum atomic E-state index is -3.60. The monoisotopic (exact) mass is 428 g/mol. The number of carbonyl (C=O) groups excluding carboxylic acids is 1. The van der Waals surface area contributed by atoms with Gasteiger partial charge in [0.25, 0.3) is 0 Å². The number of hydrogen-bond acceptors (Lipinski definition) is 6. The Morgan fingerprint density at radius 2 is 1.96 bits per heavy atom. The first kappa shape index (κ1) is 21.1. The fourth-order valence-electron chi connectivity index (χ4n) is 3.38. The first-order valence-electron chi connectivity index (χ1n) is 9.78. The molecule has 2 aliphatic rings. The van der Waals surface area contributed by atoms with E-state index in [2.05, 4.69) is 5.32 Å². The zero-order valence-corrected chi connectivity index (χ0v) is 17.8. The van der Waals surface area contributed by atoms with E-state index in [1.165, 1.54) is 32.1 Å². The van der Waals surface area contributed by atoms with Gasteiger partial charge in [0.2, 0.25) is 22.7 Å². The fraction of sp³-hybridized carbons (Fsp3) is 0.632. The van der Waals surface area contributed by atoms with Crippen molar-refractivity contribution in [2.45, 2.75) is 44.3 Å². The van der Waals surface area contributed by atoms with Crippen molar-refractivity contribution in [3.63, 3.8) is 0 Å². The van der Waals surface area contributed by atoms with Gasteiger partial charge in [-0.1, -0.05) is 19.3 Å². The summed E-state index contributed by atoms with van der Waals surface area (Å²) in [5.74, 6) is 1.51. The second kappa shape index (κ2) is 9.73. The summed E-state index contributed by atoms with van der Waals surface area (Å²) in [4.78, 5) is 12.4. The number of nitrogens with zero attached hydrogens (tertiary/aromatic N) is 1. The van der Waals surface area contributed by atoms with E-state index in [4.69, 9.17) is 9.47 Å². The lowest BCUT2D eigenvalue weighted by Crippen LogP contribution is -2.42. The van der Waals surface area contributed by atoms with Crippen molar-refractivity contribution in [3.8, 4) is 11.5 Å². The van der Waals surface area contributed by atoms with Gasteiger partial charge in [-0.25, -0.2) is 8.42 Å². The van der Waals surface area contributed by atoms with Gasteiger partial charge in [0.15, 0.2) is 11.5 Å². The highest BCUT2D eigenvalue weighted by molar-refractivity contribution is 7.99. The summed E-state index contributed by atoms with van der Waals surface area (Å²) in [5.41, 5.74) is 0.401. The molecular weight excluding hydrogens is 400 g/mol. The number of hydrogen-bond donors (Lipinski definition) is 1. The van der Waals surface area contributed by atoms with Gasteiger partial charge in [-0.3, -0.25) is 9.10 Å². The molecule has 0 bridgehead atoms. The molecule has 156 valence electrons. The number of sulfonamides is 1. The lowest BCUT2D eigenvalue weighted by Gasteiger charge is -2.24. The maximum absolute atomic E-state index is 12.5. The summed E-state index contributed by atoms with van der Waals surface area (Å²) < 4.78 is 36.8. The maximum Gasteiger partial charge on any atom is 0.240 e. The van der Waals surface area contributed by atoms with Crippen molar-refractivity contribution in [1.29, 1.82) is 0 Å². The van der Waals surface area contributed by atoms with Crippen LogP contribution in [0.2, 0.25) is 0 Å². The van der Waals surface area contributed by atoms with Crippen molar-refractivity contribution >= 4 is 33.4 Å². The topological polar surface area (TPSA) is 84.9 Å². The first-order chi connectivity index (χ1) is 13.5. The van der Waals surface area contributed by atoms with Gasteiger partial charge >= 0.3 is 0 Å². The number of thioether (sulfide) groups is 1. The van der Waals surface area contributed by atoms with Crippen molar-refractivity contribution in [2.75, 3.05) is 35.7 Å². The molecule has 1 fully saturated rings. The number of anilines is 1. The van der Waals surface area contributed by atoms with Crippen molar-refractivity contribution in [3.05, 3.63) is 18.2 Å². The molecule has 1 amide bonds. The smallest absolute Gasteiger partial charge is 0.240 e. The first-order valence-corrected chi connectivity index (χ1v) is 12.4. The largest absolute Gasteiger partial charge is 0.454 e. The number of amides is 1. The SMILES string of the molecule is CCS(=O)(=O)N(CC(=O)NCCSC1CCCCC1)c1ccc2c(c1)OCO2. The van der Waals surface area contributed by atoms with Gasteiger partial charge in [-0.15, -0.1) is 0 Å². The molecule has 0 unspecified atom stereocenters. The molecule has 0 saturated heterocycles. The molecule has 1 aromatic rings. The summed E-state index contributed by atoms with van der Waals surface area (Å²) in [7, 11) is -3.60. The van der Waals surface area contributed by atoms with E-state index in [0.29, 0.717) is 29.0 Å².